The van der Waals surface area contributed by atoms with Gasteiger partial charge in [-0.15, -0.1) is 0 Å². The van der Waals surface area contributed by atoms with Crippen LogP contribution in [0.4, 0.5) is 8.78 Å². The molecule has 0 radical (unpaired) electrons. The van der Waals surface area contributed by atoms with Crippen LogP contribution in [0.2, 0.25) is 0 Å². The highest BCUT2D eigenvalue weighted by Gasteiger charge is 2.09. The van der Waals surface area contributed by atoms with E-state index < -0.39 is 11.6 Å². The number of likely N-dealkylation sites (N-methyl/N-ethyl adjacent to an activating group) is 1. The van der Waals surface area contributed by atoms with Gasteiger partial charge in [-0.1, -0.05) is 13.0 Å². The maximum Gasteiger partial charge on any atom is 0.234 e. The molecular weight excluding hydrogens is 238 g/mol. The van der Waals surface area contributed by atoms with Crippen LogP contribution in [0, 0.1) is 11.6 Å². The first-order valence-corrected chi connectivity index (χ1v) is 5.92. The number of nitrogens with one attached hydrogen (secondary N) is 1. The summed E-state index contributed by atoms with van der Waals surface area (Å²) in [4.78, 5) is 13.3. The lowest BCUT2D eigenvalue weighted by atomic mass is 10.1. The summed E-state index contributed by atoms with van der Waals surface area (Å²) in [6.07, 6.45) is 0.153. The minimum absolute atomic E-state index is 0.0154. The first-order chi connectivity index (χ1) is 8.54. The average Bonchev–Trinajstić information content (AvgIpc) is 2.32. The number of amides is 1. The second-order valence-electron chi connectivity index (χ2n) is 4.13. The lowest BCUT2D eigenvalue weighted by Gasteiger charge is -2.13. The quantitative estimate of drug-likeness (QED) is 0.838. The van der Waals surface area contributed by atoms with E-state index >= 15 is 0 Å². The van der Waals surface area contributed by atoms with E-state index in [1.807, 2.05) is 18.9 Å². The molecule has 18 heavy (non-hydrogen) atoms. The first kappa shape index (κ1) is 14.6. The zero-order valence-corrected chi connectivity index (χ0v) is 10.7. The fraction of sp³-hybridized carbons (Fsp3) is 0.462. The standard InChI is InChI=1S/C13H18F2N2O/c1-3-17(2)9-13(18)16-8-7-10-11(14)5-4-6-12(10)15/h4-6H,3,7-9H2,1-2H3,(H,16,18). The number of carbonyl (C=O) groups excluding carboxylic acids is 1. The summed E-state index contributed by atoms with van der Waals surface area (Å²) in [5.74, 6) is -1.29. The van der Waals surface area contributed by atoms with Crippen molar-refractivity contribution in [3.63, 3.8) is 0 Å². The van der Waals surface area contributed by atoms with Gasteiger partial charge in [0.05, 0.1) is 6.54 Å². The topological polar surface area (TPSA) is 32.3 Å². The highest BCUT2D eigenvalue weighted by atomic mass is 19.1. The number of hydrogen-bond donors (Lipinski definition) is 1. The summed E-state index contributed by atoms with van der Waals surface area (Å²) >= 11 is 0. The fourth-order valence-corrected chi connectivity index (χ4v) is 1.51. The van der Waals surface area contributed by atoms with E-state index in [9.17, 15) is 13.6 Å². The van der Waals surface area contributed by atoms with Gasteiger partial charge in [0.2, 0.25) is 5.91 Å². The van der Waals surface area contributed by atoms with Crippen LogP contribution in [0.3, 0.4) is 0 Å². The molecule has 0 saturated carbocycles. The van der Waals surface area contributed by atoms with Gasteiger partial charge in [0, 0.05) is 12.1 Å². The van der Waals surface area contributed by atoms with Crippen molar-refractivity contribution in [2.24, 2.45) is 0 Å². The second kappa shape index (κ2) is 7.06. The second-order valence-corrected chi connectivity index (χ2v) is 4.13. The van der Waals surface area contributed by atoms with Gasteiger partial charge >= 0.3 is 0 Å². The van der Waals surface area contributed by atoms with Gasteiger partial charge < -0.3 is 5.32 Å². The number of halogens is 2. The number of nitrogens with zero attached hydrogens (tertiary/aromatic N) is 1. The highest BCUT2D eigenvalue weighted by Crippen LogP contribution is 2.11. The minimum Gasteiger partial charge on any atom is -0.355 e. The molecular formula is C13H18F2N2O. The van der Waals surface area contributed by atoms with Crippen molar-refractivity contribution < 1.29 is 13.6 Å². The Bertz CT molecular complexity index is 390. The van der Waals surface area contributed by atoms with E-state index in [-0.39, 0.29) is 31.0 Å². The smallest absolute Gasteiger partial charge is 0.234 e. The van der Waals surface area contributed by atoms with Crippen molar-refractivity contribution in [3.8, 4) is 0 Å². The molecule has 0 aliphatic heterocycles. The molecule has 0 fully saturated rings. The Morgan fingerprint density at radius 2 is 1.94 bits per heavy atom. The van der Waals surface area contributed by atoms with Crippen LogP contribution < -0.4 is 5.32 Å². The third kappa shape index (κ3) is 4.41. The van der Waals surface area contributed by atoms with E-state index in [4.69, 9.17) is 0 Å². The molecule has 0 unspecified atom stereocenters. The molecule has 100 valence electrons. The summed E-state index contributed by atoms with van der Waals surface area (Å²) in [5, 5.41) is 2.64. The summed E-state index contributed by atoms with van der Waals surface area (Å²) in [5.41, 5.74) is 0.0154. The van der Waals surface area contributed by atoms with Crippen LogP contribution in [0.5, 0.6) is 0 Å². The predicted octanol–water partition coefficient (Wildman–Crippen LogP) is 1.58. The van der Waals surface area contributed by atoms with Gasteiger partial charge in [-0.2, -0.15) is 0 Å². The molecule has 0 aliphatic carbocycles. The molecule has 0 aromatic heterocycles. The van der Waals surface area contributed by atoms with Gasteiger partial charge in [0.15, 0.2) is 0 Å². The zero-order chi connectivity index (χ0) is 13.5. The lowest BCUT2D eigenvalue weighted by Crippen LogP contribution is -2.36. The molecule has 1 aromatic rings. The molecule has 0 atom stereocenters. The van der Waals surface area contributed by atoms with Crippen LogP contribution in [-0.4, -0.2) is 37.5 Å². The highest BCUT2D eigenvalue weighted by molar-refractivity contribution is 5.77. The normalized spacial score (nSPS) is 10.7. The Balaban J connectivity index is 2.40. The predicted molar refractivity (Wildman–Crippen MR) is 66.2 cm³/mol. The number of carbonyl (C=O) groups is 1. The molecule has 0 spiro atoms. The van der Waals surface area contributed by atoms with Crippen molar-refractivity contribution in [2.45, 2.75) is 13.3 Å². The lowest BCUT2D eigenvalue weighted by molar-refractivity contribution is -0.121. The zero-order valence-electron chi connectivity index (χ0n) is 10.7. The molecule has 0 bridgehead atoms. The van der Waals surface area contributed by atoms with Crippen LogP contribution in [0.15, 0.2) is 18.2 Å². The van der Waals surface area contributed by atoms with Crippen molar-refractivity contribution in [3.05, 3.63) is 35.4 Å². The molecule has 0 heterocycles. The third-order valence-corrected chi connectivity index (χ3v) is 2.71. The van der Waals surface area contributed by atoms with Crippen LogP contribution >= 0.6 is 0 Å². The van der Waals surface area contributed by atoms with E-state index in [1.165, 1.54) is 18.2 Å². The van der Waals surface area contributed by atoms with E-state index in [0.29, 0.717) is 0 Å². The van der Waals surface area contributed by atoms with E-state index in [2.05, 4.69) is 5.32 Å². The molecule has 1 rings (SSSR count). The Morgan fingerprint density at radius 3 is 2.50 bits per heavy atom. The van der Waals surface area contributed by atoms with Crippen molar-refractivity contribution >= 4 is 5.91 Å². The maximum absolute atomic E-state index is 13.3. The summed E-state index contributed by atoms with van der Waals surface area (Å²) in [6.45, 7) is 3.24. The number of hydrogen-bond acceptors (Lipinski definition) is 2. The first-order valence-electron chi connectivity index (χ1n) is 5.92. The molecule has 0 saturated heterocycles. The van der Waals surface area contributed by atoms with Crippen LogP contribution in [-0.2, 0) is 11.2 Å². The van der Waals surface area contributed by atoms with Gasteiger partial charge in [-0.05, 0) is 32.1 Å². The van der Waals surface area contributed by atoms with Crippen LogP contribution in [0.25, 0.3) is 0 Å². The number of benzene rings is 1. The Morgan fingerprint density at radius 1 is 1.33 bits per heavy atom. The largest absolute Gasteiger partial charge is 0.355 e. The summed E-state index contributed by atoms with van der Waals surface area (Å²) < 4.78 is 26.6. The van der Waals surface area contributed by atoms with E-state index in [0.717, 1.165) is 6.54 Å². The molecule has 1 amide bonds. The average molecular weight is 256 g/mol. The Hall–Kier alpha value is -1.49. The van der Waals surface area contributed by atoms with Gasteiger partial charge in [0.1, 0.15) is 11.6 Å². The summed E-state index contributed by atoms with van der Waals surface area (Å²) in [6, 6.07) is 3.75. The monoisotopic (exact) mass is 256 g/mol. The molecule has 3 nitrogen and oxygen atoms in total. The van der Waals surface area contributed by atoms with Crippen molar-refractivity contribution in [2.75, 3.05) is 26.7 Å². The SMILES string of the molecule is CCN(C)CC(=O)NCCc1c(F)cccc1F. The van der Waals surface area contributed by atoms with Gasteiger partial charge in [-0.3, -0.25) is 9.69 Å². The number of rotatable bonds is 6. The van der Waals surface area contributed by atoms with Gasteiger partial charge in [-0.25, -0.2) is 8.78 Å². The Kier molecular flexibility index (Phi) is 5.71. The van der Waals surface area contributed by atoms with Crippen LogP contribution in [0.1, 0.15) is 12.5 Å². The molecule has 5 heteroatoms. The van der Waals surface area contributed by atoms with Crippen molar-refractivity contribution in [1.82, 2.24) is 10.2 Å². The Labute approximate surface area is 106 Å². The molecule has 1 N–H and O–H groups in total. The molecule has 1 aromatic carbocycles. The van der Waals surface area contributed by atoms with Crippen molar-refractivity contribution in [1.29, 1.82) is 0 Å². The van der Waals surface area contributed by atoms with E-state index in [1.54, 1.807) is 0 Å². The summed E-state index contributed by atoms with van der Waals surface area (Å²) in [7, 11) is 1.83. The fourth-order valence-electron chi connectivity index (χ4n) is 1.51. The third-order valence-electron chi connectivity index (χ3n) is 2.71. The van der Waals surface area contributed by atoms with Gasteiger partial charge in [0.25, 0.3) is 0 Å². The minimum atomic E-state index is -0.574. The molecule has 0 aliphatic rings. The maximum atomic E-state index is 13.3.